The molecule has 200 valence electrons. The summed E-state index contributed by atoms with van der Waals surface area (Å²) in [4.78, 5) is 40.2. The first-order valence-electron chi connectivity index (χ1n) is 13.9. The highest BCUT2D eigenvalue weighted by Gasteiger charge is 2.73. The second-order valence-corrected chi connectivity index (χ2v) is 14.4. The number of hydrogen-bond donors (Lipinski definition) is 3. The number of carbonyl (C=O) groups is 3. The van der Waals surface area contributed by atoms with E-state index in [1.807, 2.05) is 13.8 Å². The molecule has 6 nitrogen and oxygen atoms in total. The molecule has 36 heavy (non-hydrogen) atoms. The predicted molar refractivity (Wildman–Crippen MR) is 135 cm³/mol. The SMILES string of the molecule is CC1CC(=O)C2(C)CCC3(C)C(=C(O)C(=O)C4C5(C)CCC(O)C(C)(C(=O)O)C5CCC43C)C2C1C. The Hall–Kier alpha value is -1.69. The fourth-order valence-electron chi connectivity index (χ4n) is 10.5. The predicted octanol–water partition coefficient (Wildman–Crippen LogP) is 5.33. The minimum atomic E-state index is -1.33. The fraction of sp³-hybridized carbons (Fsp3) is 0.833. The van der Waals surface area contributed by atoms with Crippen molar-refractivity contribution in [3.63, 3.8) is 0 Å². The van der Waals surface area contributed by atoms with Crippen LogP contribution in [0, 0.1) is 56.7 Å². The number of hydrogen-bond acceptors (Lipinski definition) is 5. The quantitative estimate of drug-likeness (QED) is 0.448. The molecule has 4 fully saturated rings. The lowest BCUT2D eigenvalue weighted by Crippen LogP contribution is -2.69. The zero-order chi connectivity index (χ0) is 26.8. The molecule has 0 aromatic rings. The number of aliphatic carboxylic acids is 1. The molecule has 5 rings (SSSR count). The molecule has 0 aromatic carbocycles. The molecule has 0 aliphatic heterocycles. The van der Waals surface area contributed by atoms with Crippen molar-refractivity contribution < 1.29 is 29.7 Å². The van der Waals surface area contributed by atoms with E-state index in [0.29, 0.717) is 32.1 Å². The fourth-order valence-corrected chi connectivity index (χ4v) is 10.5. The van der Waals surface area contributed by atoms with E-state index < -0.39 is 45.1 Å². The molecular weight excluding hydrogens is 456 g/mol. The van der Waals surface area contributed by atoms with Crippen molar-refractivity contribution in [2.24, 2.45) is 56.7 Å². The van der Waals surface area contributed by atoms with Crippen molar-refractivity contribution in [2.45, 2.75) is 99.5 Å². The molecule has 4 saturated carbocycles. The Balaban J connectivity index is 1.71. The van der Waals surface area contributed by atoms with Crippen LogP contribution in [-0.2, 0) is 14.4 Å². The smallest absolute Gasteiger partial charge is 0.312 e. The van der Waals surface area contributed by atoms with Gasteiger partial charge in [0, 0.05) is 17.8 Å². The number of rotatable bonds is 1. The van der Waals surface area contributed by atoms with Crippen molar-refractivity contribution in [3.05, 3.63) is 11.3 Å². The van der Waals surface area contributed by atoms with Gasteiger partial charge in [-0.3, -0.25) is 14.4 Å². The van der Waals surface area contributed by atoms with Crippen molar-refractivity contribution in [3.8, 4) is 0 Å². The Morgan fingerprint density at radius 3 is 2.19 bits per heavy atom. The number of aliphatic hydroxyl groups excluding tert-OH is 2. The monoisotopic (exact) mass is 500 g/mol. The summed E-state index contributed by atoms with van der Waals surface area (Å²) in [6.45, 7) is 14.4. The Morgan fingerprint density at radius 1 is 0.944 bits per heavy atom. The second kappa shape index (κ2) is 7.45. The third-order valence-electron chi connectivity index (χ3n) is 13.2. The van der Waals surface area contributed by atoms with E-state index >= 15 is 0 Å². The summed E-state index contributed by atoms with van der Waals surface area (Å²) in [6, 6.07) is 0. The second-order valence-electron chi connectivity index (χ2n) is 14.4. The summed E-state index contributed by atoms with van der Waals surface area (Å²) in [7, 11) is 0. The van der Waals surface area contributed by atoms with Gasteiger partial charge in [0.15, 0.2) is 5.76 Å². The third-order valence-corrected chi connectivity index (χ3v) is 13.2. The summed E-state index contributed by atoms with van der Waals surface area (Å²) in [5.74, 6) is -1.91. The van der Waals surface area contributed by atoms with Crippen LogP contribution in [0.15, 0.2) is 11.3 Å². The van der Waals surface area contributed by atoms with Gasteiger partial charge in [-0.15, -0.1) is 0 Å². The summed E-state index contributed by atoms with van der Waals surface area (Å²) >= 11 is 0. The molecule has 0 amide bonds. The van der Waals surface area contributed by atoms with Gasteiger partial charge in [-0.05, 0) is 90.9 Å². The molecule has 0 spiro atoms. The molecule has 5 aliphatic rings. The molecule has 5 aliphatic carbocycles. The zero-order valence-corrected chi connectivity index (χ0v) is 23.0. The Morgan fingerprint density at radius 2 is 1.58 bits per heavy atom. The van der Waals surface area contributed by atoms with Gasteiger partial charge < -0.3 is 15.3 Å². The number of Topliss-reactive ketones (excluding diaryl/α,β-unsaturated/α-hetero) is 2. The number of carboxylic acids is 1. The van der Waals surface area contributed by atoms with Crippen molar-refractivity contribution in [1.29, 1.82) is 0 Å². The highest BCUT2D eigenvalue weighted by Crippen LogP contribution is 2.75. The maximum absolute atomic E-state index is 14.3. The summed E-state index contributed by atoms with van der Waals surface area (Å²) in [5, 5.41) is 32.9. The topological polar surface area (TPSA) is 112 Å². The van der Waals surface area contributed by atoms with Crippen LogP contribution in [0.3, 0.4) is 0 Å². The maximum Gasteiger partial charge on any atom is 0.312 e. The zero-order valence-electron chi connectivity index (χ0n) is 23.0. The number of aliphatic hydroxyl groups is 2. The molecule has 6 heteroatoms. The van der Waals surface area contributed by atoms with Gasteiger partial charge in [0.1, 0.15) is 5.78 Å². The van der Waals surface area contributed by atoms with Gasteiger partial charge in [-0.25, -0.2) is 0 Å². The van der Waals surface area contributed by atoms with Crippen LogP contribution in [0.5, 0.6) is 0 Å². The Bertz CT molecular complexity index is 1080. The van der Waals surface area contributed by atoms with Gasteiger partial charge in [0.2, 0.25) is 5.78 Å². The van der Waals surface area contributed by atoms with E-state index in [-0.39, 0.29) is 41.0 Å². The number of carboxylic acid groups (broad SMARTS) is 1. The summed E-state index contributed by atoms with van der Waals surface area (Å²) in [6.07, 6.45) is 3.21. The van der Waals surface area contributed by atoms with Gasteiger partial charge in [-0.2, -0.15) is 0 Å². The van der Waals surface area contributed by atoms with Crippen LogP contribution in [0.2, 0.25) is 0 Å². The molecule has 3 N–H and O–H groups in total. The lowest BCUT2D eigenvalue weighted by atomic mass is 9.33. The molecule has 11 unspecified atom stereocenters. The summed E-state index contributed by atoms with van der Waals surface area (Å²) in [5.41, 5.74) is -2.69. The minimum absolute atomic E-state index is 0.158. The van der Waals surface area contributed by atoms with Crippen LogP contribution in [0.1, 0.15) is 93.4 Å². The van der Waals surface area contributed by atoms with Gasteiger partial charge in [0.05, 0.1) is 11.5 Å². The molecule has 11 atom stereocenters. The molecular formula is C30H44O6. The van der Waals surface area contributed by atoms with E-state index in [9.17, 15) is 29.7 Å². The third kappa shape index (κ3) is 2.70. The minimum Gasteiger partial charge on any atom is -0.504 e. The van der Waals surface area contributed by atoms with Crippen molar-refractivity contribution >= 4 is 17.5 Å². The lowest BCUT2D eigenvalue weighted by molar-refractivity contribution is -0.217. The van der Waals surface area contributed by atoms with Crippen LogP contribution in [0.25, 0.3) is 0 Å². The molecule has 0 saturated heterocycles. The number of allylic oxidation sites excluding steroid dienone is 2. The van der Waals surface area contributed by atoms with Crippen LogP contribution in [0.4, 0.5) is 0 Å². The van der Waals surface area contributed by atoms with Crippen molar-refractivity contribution in [2.75, 3.05) is 0 Å². The van der Waals surface area contributed by atoms with Gasteiger partial charge in [-0.1, -0.05) is 41.5 Å². The first-order valence-corrected chi connectivity index (χ1v) is 13.9. The van der Waals surface area contributed by atoms with Crippen LogP contribution >= 0.6 is 0 Å². The van der Waals surface area contributed by atoms with E-state index in [1.54, 1.807) is 6.92 Å². The Kier molecular flexibility index (Phi) is 5.37. The average molecular weight is 501 g/mol. The number of ketones is 2. The van der Waals surface area contributed by atoms with E-state index in [0.717, 1.165) is 18.4 Å². The highest BCUT2D eigenvalue weighted by atomic mass is 16.4. The average Bonchev–Trinajstić information content (AvgIpc) is 2.79. The lowest BCUT2D eigenvalue weighted by Gasteiger charge is -2.70. The maximum atomic E-state index is 14.3. The number of carbonyl (C=O) groups excluding carboxylic acids is 2. The van der Waals surface area contributed by atoms with E-state index in [1.165, 1.54) is 0 Å². The summed E-state index contributed by atoms with van der Waals surface area (Å²) < 4.78 is 0. The molecule has 0 heterocycles. The first kappa shape index (κ1) is 25.9. The normalized spacial score (nSPS) is 54.8. The Labute approximate surface area is 214 Å². The highest BCUT2D eigenvalue weighted by molar-refractivity contribution is 5.99. The van der Waals surface area contributed by atoms with Crippen LogP contribution in [-0.4, -0.2) is 39.0 Å². The van der Waals surface area contributed by atoms with Gasteiger partial charge in [0.25, 0.3) is 0 Å². The molecule has 0 bridgehead atoms. The largest absolute Gasteiger partial charge is 0.504 e. The van der Waals surface area contributed by atoms with Crippen molar-refractivity contribution in [1.82, 2.24) is 0 Å². The van der Waals surface area contributed by atoms with Crippen LogP contribution < -0.4 is 0 Å². The molecule has 0 aromatic heterocycles. The standard InChI is InChI=1S/C30H44O6/c1-15-14-19(32)27(4)12-13-28(5)21(20(27)16(15)2)22(33)23(34)24-26(3)10-9-18(31)30(7,25(35)36)17(26)8-11-29(24,28)6/h15-18,20,24,31,33H,8-14H2,1-7H3,(H,35,36). The van der Waals surface area contributed by atoms with E-state index in [2.05, 4.69) is 27.7 Å². The first-order chi connectivity index (χ1) is 16.5. The van der Waals surface area contributed by atoms with Gasteiger partial charge >= 0.3 is 5.97 Å². The van der Waals surface area contributed by atoms with E-state index in [4.69, 9.17) is 0 Å². The molecule has 0 radical (unpaired) electrons. The number of fused-ring (bicyclic) bond motifs is 7.